The lowest BCUT2D eigenvalue weighted by atomic mass is 9.82. The first kappa shape index (κ1) is 21.1. The molecule has 0 aromatic heterocycles. The summed E-state index contributed by atoms with van der Waals surface area (Å²) in [4.78, 5) is 42.0. The predicted octanol–water partition coefficient (Wildman–Crippen LogP) is 3.22. The number of nitrogens with zero attached hydrogens (tertiary/aromatic N) is 3. The van der Waals surface area contributed by atoms with E-state index < -0.39 is 0 Å². The Hall–Kier alpha value is -1.86. The maximum Gasteiger partial charge on any atom is 0.235 e. The fourth-order valence-electron chi connectivity index (χ4n) is 2.88. The third-order valence-electron chi connectivity index (χ3n) is 4.44. The van der Waals surface area contributed by atoms with E-state index >= 15 is 0 Å². The highest BCUT2D eigenvalue weighted by atomic mass is 16.1. The van der Waals surface area contributed by atoms with Crippen LogP contribution in [0.4, 0.5) is 0 Å². The summed E-state index contributed by atoms with van der Waals surface area (Å²) in [6.45, 7) is 7.12. The molecule has 0 amide bonds. The maximum absolute atomic E-state index is 10.5. The van der Waals surface area contributed by atoms with Gasteiger partial charge in [-0.2, -0.15) is 0 Å². The highest BCUT2D eigenvalue weighted by Gasteiger charge is 2.21. The van der Waals surface area contributed by atoms with Gasteiger partial charge in [-0.3, -0.25) is 0 Å². The number of isocyanates is 3. The number of rotatable bonds is 13. The van der Waals surface area contributed by atoms with Gasteiger partial charge >= 0.3 is 0 Å². The topological polar surface area (TPSA) is 88.3 Å². The molecule has 23 heavy (non-hydrogen) atoms. The zero-order valence-corrected chi connectivity index (χ0v) is 14.3. The Bertz CT molecular complexity index is 462. The van der Waals surface area contributed by atoms with Crippen molar-refractivity contribution in [3.8, 4) is 0 Å². The van der Waals surface area contributed by atoms with Crippen molar-refractivity contribution in [1.29, 1.82) is 0 Å². The molecule has 0 saturated carbocycles. The van der Waals surface area contributed by atoms with Crippen LogP contribution in [0, 0.1) is 17.8 Å². The summed E-state index contributed by atoms with van der Waals surface area (Å²) >= 11 is 0. The van der Waals surface area contributed by atoms with Crippen LogP contribution >= 0.6 is 0 Å². The lowest BCUT2D eigenvalue weighted by molar-refractivity contribution is 0.279. The molecule has 0 aromatic rings. The Morgan fingerprint density at radius 1 is 0.870 bits per heavy atom. The van der Waals surface area contributed by atoms with Crippen LogP contribution < -0.4 is 0 Å². The monoisotopic (exact) mass is 321 g/mol. The molecule has 0 N–H and O–H groups in total. The lowest BCUT2D eigenvalue weighted by Crippen LogP contribution is -2.20. The van der Waals surface area contributed by atoms with Crippen LogP contribution in [0.5, 0.6) is 0 Å². The Balaban J connectivity index is 4.61. The van der Waals surface area contributed by atoms with Crippen molar-refractivity contribution in [1.82, 2.24) is 0 Å². The number of hydrogen-bond donors (Lipinski definition) is 0. The highest BCUT2D eigenvalue weighted by Crippen LogP contribution is 2.27. The van der Waals surface area contributed by atoms with Crippen LogP contribution in [0.25, 0.3) is 0 Å². The van der Waals surface area contributed by atoms with Crippen molar-refractivity contribution < 1.29 is 14.4 Å². The van der Waals surface area contributed by atoms with Crippen molar-refractivity contribution in [2.45, 2.75) is 58.9 Å². The standard InChI is InChI=1S/C17H27N3O3/c1-4-17(20-13-23)14(2)7-8-16(6-5-9-18-11-21)15(3)10-19-12-22/h14-17H,4-10H2,1-3H3. The molecule has 0 aliphatic heterocycles. The molecule has 0 rings (SSSR count). The third kappa shape index (κ3) is 9.70. The average molecular weight is 321 g/mol. The van der Waals surface area contributed by atoms with Crippen LogP contribution in [0.3, 0.4) is 0 Å². The van der Waals surface area contributed by atoms with Crippen molar-refractivity contribution in [3.05, 3.63) is 0 Å². The van der Waals surface area contributed by atoms with Crippen LogP contribution in [0.1, 0.15) is 52.9 Å². The average Bonchev–Trinajstić information content (AvgIpc) is 2.56. The molecule has 6 heteroatoms. The van der Waals surface area contributed by atoms with E-state index in [2.05, 4.69) is 28.8 Å². The minimum absolute atomic E-state index is 0.0103. The minimum atomic E-state index is 0.0103. The molecule has 0 aliphatic rings. The molecule has 0 heterocycles. The van der Waals surface area contributed by atoms with Crippen LogP contribution in [0.15, 0.2) is 15.0 Å². The van der Waals surface area contributed by atoms with Gasteiger partial charge < -0.3 is 0 Å². The summed E-state index contributed by atoms with van der Waals surface area (Å²) in [6.07, 6.45) is 9.25. The van der Waals surface area contributed by atoms with Gasteiger partial charge in [-0.05, 0) is 49.9 Å². The smallest absolute Gasteiger partial charge is 0.211 e. The summed E-state index contributed by atoms with van der Waals surface area (Å²) in [6, 6.07) is 0.0103. The Morgan fingerprint density at radius 3 is 2.13 bits per heavy atom. The molecule has 0 aromatic carbocycles. The summed E-state index contributed by atoms with van der Waals surface area (Å²) in [5, 5.41) is 0. The zero-order valence-electron chi connectivity index (χ0n) is 14.3. The van der Waals surface area contributed by atoms with Crippen LogP contribution in [-0.4, -0.2) is 37.4 Å². The number of hydrogen-bond acceptors (Lipinski definition) is 6. The van der Waals surface area contributed by atoms with E-state index in [-0.39, 0.29) is 12.0 Å². The van der Waals surface area contributed by atoms with Gasteiger partial charge in [0.2, 0.25) is 18.2 Å². The second kappa shape index (κ2) is 13.8. The van der Waals surface area contributed by atoms with E-state index in [1.165, 1.54) is 0 Å². The van der Waals surface area contributed by atoms with E-state index in [9.17, 15) is 14.4 Å². The first-order chi connectivity index (χ1) is 11.1. The summed E-state index contributed by atoms with van der Waals surface area (Å²) in [5.41, 5.74) is 0. The van der Waals surface area contributed by atoms with Crippen molar-refractivity contribution in [2.24, 2.45) is 32.7 Å². The molecule has 128 valence electrons. The molecule has 0 bridgehead atoms. The molecule has 4 atom stereocenters. The summed E-state index contributed by atoms with van der Waals surface area (Å²) in [7, 11) is 0. The van der Waals surface area contributed by atoms with Crippen LogP contribution in [0.2, 0.25) is 0 Å². The summed E-state index contributed by atoms with van der Waals surface area (Å²) in [5.74, 6) is 0.950. The van der Waals surface area contributed by atoms with E-state index in [0.29, 0.717) is 24.9 Å². The zero-order chi connectivity index (χ0) is 17.5. The van der Waals surface area contributed by atoms with Crippen molar-refractivity contribution >= 4 is 18.2 Å². The third-order valence-corrected chi connectivity index (χ3v) is 4.44. The van der Waals surface area contributed by atoms with E-state index in [4.69, 9.17) is 0 Å². The minimum Gasteiger partial charge on any atom is -0.211 e. The SMILES string of the molecule is CCC(N=C=O)C(C)CCC(CCCN=C=O)C(C)CN=C=O. The Labute approximate surface area is 138 Å². The van der Waals surface area contributed by atoms with Gasteiger partial charge in [0.25, 0.3) is 0 Å². The fourth-order valence-corrected chi connectivity index (χ4v) is 2.88. The first-order valence-electron chi connectivity index (χ1n) is 8.24. The molecule has 0 aliphatic carbocycles. The Kier molecular flexibility index (Phi) is 12.7. The van der Waals surface area contributed by atoms with E-state index in [0.717, 1.165) is 32.1 Å². The number of aliphatic imine (C=N–C) groups is 3. The van der Waals surface area contributed by atoms with Gasteiger partial charge in [-0.15, -0.1) is 0 Å². The molecular formula is C17H27N3O3. The predicted molar refractivity (Wildman–Crippen MR) is 88.5 cm³/mol. The van der Waals surface area contributed by atoms with E-state index in [1.807, 2.05) is 6.92 Å². The molecule has 4 unspecified atom stereocenters. The van der Waals surface area contributed by atoms with Gasteiger partial charge in [0.1, 0.15) is 0 Å². The number of carbonyl (C=O) groups excluding carboxylic acids is 3. The van der Waals surface area contributed by atoms with Gasteiger partial charge in [0.05, 0.1) is 19.1 Å². The highest BCUT2D eigenvalue weighted by molar-refractivity contribution is 5.33. The first-order valence-corrected chi connectivity index (χ1v) is 8.24. The fraction of sp³-hybridized carbons (Fsp3) is 0.824. The molecule has 0 saturated heterocycles. The van der Waals surface area contributed by atoms with Gasteiger partial charge in [-0.1, -0.05) is 20.8 Å². The summed E-state index contributed by atoms with van der Waals surface area (Å²) < 4.78 is 0. The van der Waals surface area contributed by atoms with Gasteiger partial charge in [-0.25, -0.2) is 29.4 Å². The second-order valence-corrected chi connectivity index (χ2v) is 6.04. The van der Waals surface area contributed by atoms with E-state index in [1.54, 1.807) is 18.2 Å². The molecule has 6 nitrogen and oxygen atoms in total. The molecule has 0 radical (unpaired) electrons. The van der Waals surface area contributed by atoms with Gasteiger partial charge in [0, 0.05) is 0 Å². The second-order valence-electron chi connectivity index (χ2n) is 6.04. The van der Waals surface area contributed by atoms with Gasteiger partial charge in [0.15, 0.2) is 0 Å². The molecular weight excluding hydrogens is 294 g/mol. The maximum atomic E-state index is 10.5. The lowest BCUT2D eigenvalue weighted by Gasteiger charge is -2.25. The molecule has 0 fully saturated rings. The quantitative estimate of drug-likeness (QED) is 0.296. The van der Waals surface area contributed by atoms with Crippen molar-refractivity contribution in [3.63, 3.8) is 0 Å². The molecule has 0 spiro atoms. The largest absolute Gasteiger partial charge is 0.235 e. The van der Waals surface area contributed by atoms with Crippen molar-refractivity contribution in [2.75, 3.05) is 13.1 Å². The van der Waals surface area contributed by atoms with Crippen LogP contribution in [-0.2, 0) is 14.4 Å². The normalized spacial score (nSPS) is 15.3. The Morgan fingerprint density at radius 2 is 1.57 bits per heavy atom.